The molecule has 2 N–H and O–H groups in total. The fourth-order valence-corrected chi connectivity index (χ4v) is 2.41. The normalized spacial score (nSPS) is 11.3. The van der Waals surface area contributed by atoms with Gasteiger partial charge in [-0.2, -0.15) is 0 Å². The number of hydrogen-bond acceptors (Lipinski definition) is 3. The Labute approximate surface area is 105 Å². The molecule has 4 nitrogen and oxygen atoms in total. The molecule has 0 radical (unpaired) electrons. The molecular weight excluding hydrogens is 226 g/mol. The lowest BCUT2D eigenvalue weighted by Gasteiger charge is -2.11. The second-order valence-corrected chi connectivity index (χ2v) is 4.33. The number of para-hydroxylation sites is 1. The largest absolute Gasteiger partial charge is 0.495 e. The van der Waals surface area contributed by atoms with Crippen LogP contribution in [0.3, 0.4) is 0 Å². The van der Waals surface area contributed by atoms with E-state index in [1.54, 1.807) is 7.11 Å². The van der Waals surface area contributed by atoms with Crippen LogP contribution in [-0.2, 0) is 6.54 Å². The lowest BCUT2D eigenvalue weighted by molar-refractivity contribution is 0.418. The molecule has 0 atom stereocenters. The predicted octanol–water partition coefficient (Wildman–Crippen LogP) is 2.26. The molecule has 0 aliphatic heterocycles. The van der Waals surface area contributed by atoms with E-state index in [0.29, 0.717) is 6.54 Å². The summed E-state index contributed by atoms with van der Waals surface area (Å²) in [5.41, 5.74) is 9.89. The van der Waals surface area contributed by atoms with E-state index in [4.69, 9.17) is 10.5 Å². The number of nitrogens with zero attached hydrogens (tertiary/aromatic N) is 2. The Morgan fingerprint density at radius 3 is 2.94 bits per heavy atom. The zero-order valence-corrected chi connectivity index (χ0v) is 10.5. The molecule has 92 valence electrons. The average Bonchev–Trinajstić information content (AvgIpc) is 2.81. The Morgan fingerprint density at radius 2 is 2.22 bits per heavy atom. The summed E-state index contributed by atoms with van der Waals surface area (Å²) in [5, 5.41) is 1.16. The lowest BCUT2D eigenvalue weighted by atomic mass is 10.1. The van der Waals surface area contributed by atoms with E-state index >= 15 is 0 Å². The third kappa shape index (κ3) is 1.39. The maximum absolute atomic E-state index is 5.78. The first-order valence-electron chi connectivity index (χ1n) is 5.89. The number of ether oxygens (including phenoxy) is 1. The number of fused-ring (bicyclic) bond motifs is 3. The maximum atomic E-state index is 5.78. The van der Waals surface area contributed by atoms with Crippen molar-refractivity contribution in [2.45, 2.75) is 13.5 Å². The first-order chi connectivity index (χ1) is 8.76. The maximum Gasteiger partial charge on any atom is 0.143 e. The fraction of sp³-hybridized carbons (Fsp3) is 0.214. The molecule has 3 rings (SSSR count). The number of hydrogen-bond donors (Lipinski definition) is 1. The molecule has 0 saturated heterocycles. The quantitative estimate of drug-likeness (QED) is 0.748. The van der Waals surface area contributed by atoms with Gasteiger partial charge in [0.25, 0.3) is 0 Å². The van der Waals surface area contributed by atoms with E-state index in [-0.39, 0.29) is 0 Å². The van der Waals surface area contributed by atoms with Crippen molar-refractivity contribution >= 4 is 16.6 Å². The van der Waals surface area contributed by atoms with Crippen molar-refractivity contribution in [3.05, 3.63) is 41.7 Å². The van der Waals surface area contributed by atoms with Gasteiger partial charge in [-0.05, 0) is 24.6 Å². The topological polar surface area (TPSA) is 52.5 Å². The van der Waals surface area contributed by atoms with Crippen LogP contribution in [-0.4, -0.2) is 16.5 Å². The van der Waals surface area contributed by atoms with Crippen molar-refractivity contribution in [3.63, 3.8) is 0 Å². The molecule has 0 unspecified atom stereocenters. The van der Waals surface area contributed by atoms with Gasteiger partial charge in [0, 0.05) is 11.9 Å². The van der Waals surface area contributed by atoms with E-state index in [1.807, 2.05) is 18.3 Å². The van der Waals surface area contributed by atoms with Crippen LogP contribution in [0.1, 0.15) is 11.3 Å². The number of aryl methyl sites for hydroxylation is 1. The highest BCUT2D eigenvalue weighted by molar-refractivity contribution is 5.90. The number of pyridine rings is 1. The standard InChI is InChI=1S/C14H15N3O/c1-9-6-13-16-8-10(7-15)17(13)14-11(9)4-3-5-12(14)18-2/h3-6,8H,7,15H2,1-2H3. The number of nitrogens with two attached hydrogens (primary N) is 1. The summed E-state index contributed by atoms with van der Waals surface area (Å²) in [5.74, 6) is 0.842. The summed E-state index contributed by atoms with van der Waals surface area (Å²) in [6.07, 6.45) is 1.82. The Morgan fingerprint density at radius 1 is 1.39 bits per heavy atom. The van der Waals surface area contributed by atoms with Crippen LogP contribution in [0.5, 0.6) is 5.75 Å². The zero-order valence-electron chi connectivity index (χ0n) is 10.5. The van der Waals surface area contributed by atoms with Crippen LogP contribution in [0.15, 0.2) is 30.5 Å². The number of aromatic nitrogens is 2. The van der Waals surface area contributed by atoms with Crippen molar-refractivity contribution in [2.75, 3.05) is 7.11 Å². The SMILES string of the molecule is COc1cccc2c(C)cc3ncc(CN)n3c12. The Balaban J connectivity index is 2.60. The van der Waals surface area contributed by atoms with Gasteiger partial charge in [-0.25, -0.2) is 4.98 Å². The second-order valence-electron chi connectivity index (χ2n) is 4.33. The smallest absolute Gasteiger partial charge is 0.143 e. The third-order valence-corrected chi connectivity index (χ3v) is 3.28. The molecule has 0 spiro atoms. The van der Waals surface area contributed by atoms with E-state index in [0.717, 1.165) is 28.0 Å². The van der Waals surface area contributed by atoms with Crippen LogP contribution in [0, 0.1) is 6.92 Å². The Bertz CT molecular complexity index is 731. The van der Waals surface area contributed by atoms with Crippen molar-refractivity contribution in [1.29, 1.82) is 0 Å². The van der Waals surface area contributed by atoms with E-state index in [1.165, 1.54) is 5.56 Å². The summed E-state index contributed by atoms with van der Waals surface area (Å²) < 4.78 is 7.54. The first-order valence-corrected chi connectivity index (χ1v) is 5.89. The molecule has 1 aromatic carbocycles. The monoisotopic (exact) mass is 241 g/mol. The molecule has 0 saturated carbocycles. The molecule has 0 bridgehead atoms. The van der Waals surface area contributed by atoms with Gasteiger partial charge in [0.15, 0.2) is 0 Å². The van der Waals surface area contributed by atoms with Crippen molar-refractivity contribution in [3.8, 4) is 5.75 Å². The van der Waals surface area contributed by atoms with Crippen molar-refractivity contribution < 1.29 is 4.74 Å². The van der Waals surface area contributed by atoms with E-state index in [9.17, 15) is 0 Å². The fourth-order valence-electron chi connectivity index (χ4n) is 2.41. The van der Waals surface area contributed by atoms with Crippen LogP contribution < -0.4 is 10.5 Å². The van der Waals surface area contributed by atoms with Crippen LogP contribution in [0.25, 0.3) is 16.6 Å². The van der Waals surface area contributed by atoms with Gasteiger partial charge < -0.3 is 10.5 Å². The van der Waals surface area contributed by atoms with Gasteiger partial charge in [-0.15, -0.1) is 0 Å². The molecule has 0 fully saturated rings. The molecule has 2 aromatic heterocycles. The third-order valence-electron chi connectivity index (χ3n) is 3.28. The summed E-state index contributed by atoms with van der Waals surface area (Å²) in [4.78, 5) is 4.40. The number of rotatable bonds is 2. The predicted molar refractivity (Wildman–Crippen MR) is 71.9 cm³/mol. The lowest BCUT2D eigenvalue weighted by Crippen LogP contribution is -2.03. The van der Waals surface area contributed by atoms with Gasteiger partial charge >= 0.3 is 0 Å². The Hall–Kier alpha value is -2.07. The second kappa shape index (κ2) is 3.99. The van der Waals surface area contributed by atoms with Crippen LogP contribution in [0.2, 0.25) is 0 Å². The van der Waals surface area contributed by atoms with Gasteiger partial charge in [0.05, 0.1) is 24.5 Å². The zero-order chi connectivity index (χ0) is 12.7. The van der Waals surface area contributed by atoms with Gasteiger partial charge in [0.2, 0.25) is 0 Å². The summed E-state index contributed by atoms with van der Waals surface area (Å²) in [7, 11) is 1.68. The van der Waals surface area contributed by atoms with Crippen molar-refractivity contribution in [1.82, 2.24) is 9.38 Å². The highest BCUT2D eigenvalue weighted by Crippen LogP contribution is 2.29. The average molecular weight is 241 g/mol. The van der Waals surface area contributed by atoms with Crippen LogP contribution >= 0.6 is 0 Å². The molecule has 0 aliphatic carbocycles. The summed E-state index contributed by atoms with van der Waals surface area (Å²) in [6.45, 7) is 2.54. The number of methoxy groups -OCH3 is 1. The number of imidazole rings is 1. The highest BCUT2D eigenvalue weighted by Gasteiger charge is 2.12. The van der Waals surface area contributed by atoms with E-state index in [2.05, 4.69) is 28.4 Å². The van der Waals surface area contributed by atoms with Gasteiger partial charge in [0.1, 0.15) is 11.4 Å². The highest BCUT2D eigenvalue weighted by atomic mass is 16.5. The minimum atomic E-state index is 0.456. The molecule has 3 aromatic rings. The van der Waals surface area contributed by atoms with Crippen molar-refractivity contribution in [2.24, 2.45) is 5.73 Å². The van der Waals surface area contributed by atoms with Crippen LogP contribution in [0.4, 0.5) is 0 Å². The van der Waals surface area contributed by atoms with E-state index < -0.39 is 0 Å². The minimum Gasteiger partial charge on any atom is -0.495 e. The first kappa shape index (κ1) is 11.0. The summed E-state index contributed by atoms with van der Waals surface area (Å²) in [6, 6.07) is 8.12. The minimum absolute atomic E-state index is 0.456. The van der Waals surface area contributed by atoms with Gasteiger partial charge in [-0.1, -0.05) is 12.1 Å². The molecular formula is C14H15N3O. The summed E-state index contributed by atoms with van der Waals surface area (Å²) >= 11 is 0. The molecule has 18 heavy (non-hydrogen) atoms. The molecule has 2 heterocycles. The molecule has 0 aliphatic rings. The Kier molecular flexibility index (Phi) is 2.45. The number of benzene rings is 1. The van der Waals surface area contributed by atoms with Gasteiger partial charge in [-0.3, -0.25) is 4.40 Å². The molecule has 0 amide bonds. The molecule has 4 heteroatoms.